The highest BCUT2D eigenvalue weighted by Gasteiger charge is 2.42. The minimum absolute atomic E-state index is 0.0338. The van der Waals surface area contributed by atoms with Crippen LogP contribution in [0, 0.1) is 5.92 Å². The normalized spacial score (nSPS) is 25.3. The zero-order valence-electron chi connectivity index (χ0n) is 13.6. The largest absolute Gasteiger partial charge is 0.591 e. The molecule has 0 saturated carbocycles. The van der Waals surface area contributed by atoms with Crippen LogP contribution in [0.5, 0.6) is 5.75 Å². The van der Waals surface area contributed by atoms with Gasteiger partial charge in [-0.15, -0.1) is 5.73 Å². The van der Waals surface area contributed by atoms with Crippen LogP contribution in [0.1, 0.15) is 36.3 Å². The molecule has 0 amide bonds. The van der Waals surface area contributed by atoms with Gasteiger partial charge in [-0.1, -0.05) is 0 Å². The molecule has 0 fully saturated rings. The van der Waals surface area contributed by atoms with Crippen molar-refractivity contribution in [2.75, 3.05) is 0 Å². The first-order chi connectivity index (χ1) is 12.0. The molecule has 25 heavy (non-hydrogen) atoms. The molecule has 1 aromatic rings. The molecule has 5 nitrogen and oxygen atoms in total. The van der Waals surface area contributed by atoms with Crippen LogP contribution in [0.4, 0.5) is 0 Å². The quantitative estimate of drug-likeness (QED) is 0.541. The Morgan fingerprint density at radius 3 is 2.56 bits per heavy atom. The van der Waals surface area contributed by atoms with E-state index in [1.54, 1.807) is 12.1 Å². The van der Waals surface area contributed by atoms with Crippen molar-refractivity contribution < 1.29 is 20.4 Å². The summed E-state index contributed by atoms with van der Waals surface area (Å²) in [5.41, 5.74) is 6.09. The van der Waals surface area contributed by atoms with Gasteiger partial charge in [-0.05, 0) is 59.7 Å². The smallest absolute Gasteiger partial charge is 0.407 e. The molecule has 0 spiro atoms. The summed E-state index contributed by atoms with van der Waals surface area (Å²) < 4.78 is 0. The third kappa shape index (κ3) is 2.40. The highest BCUT2D eigenvalue weighted by atomic mass is 16.3. The number of fused-ring (bicyclic) bond motifs is 2. The number of rotatable bonds is 1. The zero-order valence-corrected chi connectivity index (χ0v) is 13.6. The van der Waals surface area contributed by atoms with Crippen molar-refractivity contribution in [1.29, 1.82) is 0 Å². The topological polar surface area (TPSA) is 109 Å². The van der Waals surface area contributed by atoms with Crippen LogP contribution in [0.25, 0.3) is 5.57 Å². The van der Waals surface area contributed by atoms with Crippen LogP contribution in [-0.2, 0) is 0 Å². The van der Waals surface area contributed by atoms with E-state index in [9.17, 15) is 4.79 Å². The van der Waals surface area contributed by atoms with Gasteiger partial charge in [-0.2, -0.15) is 0 Å². The molecule has 2 unspecified atom stereocenters. The SMILES string of the molecule is O=c1cc2c(ccc1[OH2+])C1=C(CCC2C2C=C=C2)CC([OH2+])C([OH2+])=C1[OH2+]. The Balaban J connectivity index is 1.99. The summed E-state index contributed by atoms with van der Waals surface area (Å²) in [6.07, 6.45) is 5.37. The molecule has 8 N–H and O–H groups in total. The van der Waals surface area contributed by atoms with E-state index in [4.69, 9.17) is 20.4 Å². The second kappa shape index (κ2) is 5.66. The molecular formula is C20H22O5+4. The maximum absolute atomic E-state index is 12.3. The van der Waals surface area contributed by atoms with Crippen molar-refractivity contribution in [3.05, 3.63) is 74.5 Å². The molecule has 0 aliphatic heterocycles. The maximum Gasteiger partial charge on any atom is 0.407 e. The van der Waals surface area contributed by atoms with Crippen LogP contribution in [0.15, 0.2) is 58.0 Å². The summed E-state index contributed by atoms with van der Waals surface area (Å²) in [5.74, 6) is 0.369. The molecule has 0 heterocycles. The van der Waals surface area contributed by atoms with E-state index in [1.165, 1.54) is 6.07 Å². The van der Waals surface area contributed by atoms with Crippen molar-refractivity contribution in [3.8, 4) is 5.75 Å². The average Bonchev–Trinajstić information content (AvgIpc) is 2.76. The molecule has 0 aromatic heterocycles. The van der Waals surface area contributed by atoms with Crippen molar-refractivity contribution in [1.82, 2.24) is 0 Å². The molecule has 4 rings (SSSR count). The van der Waals surface area contributed by atoms with Gasteiger partial charge in [0.1, 0.15) is 0 Å². The number of hydrogen-bond acceptors (Lipinski definition) is 1. The summed E-state index contributed by atoms with van der Waals surface area (Å²) in [7, 11) is 0. The van der Waals surface area contributed by atoms with Gasteiger partial charge in [0.15, 0.2) is 0 Å². The third-order valence-electron chi connectivity index (χ3n) is 5.42. The van der Waals surface area contributed by atoms with E-state index in [1.807, 2.05) is 12.2 Å². The van der Waals surface area contributed by atoms with Crippen LogP contribution >= 0.6 is 0 Å². The lowest BCUT2D eigenvalue weighted by atomic mass is 9.79. The van der Waals surface area contributed by atoms with Crippen molar-refractivity contribution >= 4 is 5.57 Å². The van der Waals surface area contributed by atoms with Gasteiger partial charge in [0, 0.05) is 12.0 Å². The predicted octanol–water partition coefficient (Wildman–Crippen LogP) is 0.614. The van der Waals surface area contributed by atoms with Crippen LogP contribution < -0.4 is 5.43 Å². The molecule has 0 saturated heterocycles. The predicted molar refractivity (Wildman–Crippen MR) is 97.1 cm³/mol. The molecule has 128 valence electrons. The maximum atomic E-state index is 12.3. The summed E-state index contributed by atoms with van der Waals surface area (Å²) >= 11 is 0. The second-order valence-corrected chi connectivity index (χ2v) is 6.87. The Bertz CT molecular complexity index is 939. The first kappa shape index (κ1) is 15.8. The Morgan fingerprint density at radius 1 is 1.12 bits per heavy atom. The van der Waals surface area contributed by atoms with E-state index < -0.39 is 6.10 Å². The molecule has 0 bridgehead atoms. The fraction of sp³-hybridized carbons (Fsp3) is 0.300. The first-order valence-electron chi connectivity index (χ1n) is 8.41. The average molecular weight is 342 g/mol. The minimum atomic E-state index is -0.686. The standard InChI is InChI=1S/C20H18O5/c21-15-7-6-13-14(9-16(15)22)12(10-2-1-3-10)5-4-11-8-17(23)19(24)20(25)18(11)13/h2-3,6-7,9-10,12,17,23-25H,4-5,8H2,(H,21,22)/p+4. The van der Waals surface area contributed by atoms with E-state index >= 15 is 0 Å². The molecule has 1 aromatic carbocycles. The fourth-order valence-corrected chi connectivity index (χ4v) is 3.99. The van der Waals surface area contributed by atoms with E-state index in [0.29, 0.717) is 12.0 Å². The van der Waals surface area contributed by atoms with Gasteiger partial charge in [-0.3, -0.25) is 4.79 Å². The number of allylic oxidation sites excluding steroid dienone is 2. The van der Waals surface area contributed by atoms with Gasteiger partial charge >= 0.3 is 17.3 Å². The fourth-order valence-electron chi connectivity index (χ4n) is 3.99. The molecule has 3 aliphatic carbocycles. The molecule has 0 radical (unpaired) electrons. The summed E-state index contributed by atoms with van der Waals surface area (Å²) in [5, 5.41) is 32.4. The van der Waals surface area contributed by atoms with Gasteiger partial charge in [0.05, 0.1) is 12.0 Å². The van der Waals surface area contributed by atoms with Gasteiger partial charge in [0.2, 0.25) is 0 Å². The Kier molecular flexibility index (Phi) is 3.57. The lowest BCUT2D eigenvalue weighted by Crippen LogP contribution is -2.19. The van der Waals surface area contributed by atoms with Crippen molar-refractivity contribution in [2.24, 2.45) is 5.92 Å². The Hall–Kier alpha value is -2.75. The lowest BCUT2D eigenvalue weighted by molar-refractivity contribution is 0.137. The van der Waals surface area contributed by atoms with Crippen molar-refractivity contribution in [3.63, 3.8) is 0 Å². The third-order valence-corrected chi connectivity index (χ3v) is 5.42. The van der Waals surface area contributed by atoms with Gasteiger partial charge in [0.25, 0.3) is 11.5 Å². The molecule has 3 aliphatic rings. The molecular weight excluding hydrogens is 320 g/mol. The Morgan fingerprint density at radius 2 is 1.88 bits per heavy atom. The Labute approximate surface area is 144 Å². The van der Waals surface area contributed by atoms with E-state index in [0.717, 1.165) is 29.5 Å². The summed E-state index contributed by atoms with van der Waals surface area (Å²) in [4.78, 5) is 12.3. The van der Waals surface area contributed by atoms with Crippen LogP contribution in [0.2, 0.25) is 0 Å². The van der Waals surface area contributed by atoms with Crippen molar-refractivity contribution in [2.45, 2.75) is 31.3 Å². The van der Waals surface area contributed by atoms with E-state index in [2.05, 4.69) is 5.73 Å². The van der Waals surface area contributed by atoms with Crippen LogP contribution in [0.3, 0.4) is 0 Å². The monoisotopic (exact) mass is 342 g/mol. The van der Waals surface area contributed by atoms with E-state index in [-0.39, 0.29) is 34.5 Å². The molecule has 5 heteroatoms. The lowest BCUT2D eigenvalue weighted by Gasteiger charge is -2.24. The number of hydrogen-bond donors (Lipinski definition) is 0. The summed E-state index contributed by atoms with van der Waals surface area (Å²) in [6.45, 7) is 0. The first-order valence-corrected chi connectivity index (χ1v) is 8.41. The molecule has 2 atom stereocenters. The summed E-state index contributed by atoms with van der Waals surface area (Å²) in [6, 6.07) is 4.79. The van der Waals surface area contributed by atoms with Gasteiger partial charge in [-0.25, -0.2) is 0 Å². The highest BCUT2D eigenvalue weighted by molar-refractivity contribution is 5.83. The van der Waals surface area contributed by atoms with Crippen LogP contribution in [-0.4, -0.2) is 26.5 Å². The zero-order chi connectivity index (χ0) is 17.7. The van der Waals surface area contributed by atoms with Gasteiger partial charge < -0.3 is 20.4 Å². The highest BCUT2D eigenvalue weighted by Crippen LogP contribution is 2.46. The minimum Gasteiger partial charge on any atom is -0.591 e. The second-order valence-electron chi connectivity index (χ2n) is 6.87.